The van der Waals surface area contributed by atoms with Crippen LogP contribution < -0.4 is 10.6 Å². The van der Waals surface area contributed by atoms with Crippen LogP contribution in [-0.2, 0) is 4.79 Å². The van der Waals surface area contributed by atoms with E-state index in [2.05, 4.69) is 10.6 Å². The van der Waals surface area contributed by atoms with Crippen molar-refractivity contribution in [2.24, 2.45) is 5.92 Å². The molecule has 17 heavy (non-hydrogen) atoms. The Morgan fingerprint density at radius 3 is 2.76 bits per heavy atom. The zero-order valence-electron chi connectivity index (χ0n) is 10.4. The highest BCUT2D eigenvalue weighted by Crippen LogP contribution is 2.12. The monoisotopic (exact) mass is 236 g/mol. The minimum Gasteiger partial charge on any atom is -0.396 e. The number of aliphatic hydroxyl groups is 1. The van der Waals surface area contributed by atoms with Crippen LogP contribution in [-0.4, -0.2) is 30.7 Å². The quantitative estimate of drug-likeness (QED) is 0.694. The molecule has 94 valence electrons. The zero-order chi connectivity index (χ0) is 12.7. The molecule has 0 fully saturated rings. The van der Waals surface area contributed by atoms with Crippen LogP contribution in [0.2, 0.25) is 0 Å². The van der Waals surface area contributed by atoms with Crippen LogP contribution in [0.15, 0.2) is 24.3 Å². The minimum atomic E-state index is -0.0653. The van der Waals surface area contributed by atoms with Crippen LogP contribution in [0.1, 0.15) is 12.5 Å². The number of nitrogens with one attached hydrogen (secondary N) is 2. The second-order valence-electron chi connectivity index (χ2n) is 4.28. The van der Waals surface area contributed by atoms with E-state index in [0.717, 1.165) is 11.3 Å². The Bertz CT molecular complexity index is 366. The van der Waals surface area contributed by atoms with E-state index in [-0.39, 0.29) is 25.0 Å². The van der Waals surface area contributed by atoms with Crippen molar-refractivity contribution in [2.45, 2.75) is 13.8 Å². The number of hydrogen-bond donors (Lipinski definition) is 3. The number of benzene rings is 1. The largest absolute Gasteiger partial charge is 0.396 e. The third-order valence-electron chi connectivity index (χ3n) is 2.51. The molecule has 3 N–H and O–H groups in total. The van der Waals surface area contributed by atoms with E-state index in [1.807, 2.05) is 38.1 Å². The molecule has 1 aromatic carbocycles. The van der Waals surface area contributed by atoms with Gasteiger partial charge in [-0.15, -0.1) is 0 Å². The zero-order valence-corrected chi connectivity index (χ0v) is 10.4. The van der Waals surface area contributed by atoms with Crippen molar-refractivity contribution < 1.29 is 9.90 Å². The number of anilines is 1. The lowest BCUT2D eigenvalue weighted by atomic mass is 10.2. The van der Waals surface area contributed by atoms with Crippen LogP contribution in [0, 0.1) is 12.8 Å². The normalized spacial score (nSPS) is 12.2. The van der Waals surface area contributed by atoms with Crippen molar-refractivity contribution in [2.75, 3.05) is 25.0 Å². The lowest BCUT2D eigenvalue weighted by Gasteiger charge is -2.11. The van der Waals surface area contributed by atoms with E-state index in [1.165, 1.54) is 0 Å². The molecule has 0 aliphatic heterocycles. The van der Waals surface area contributed by atoms with Gasteiger partial charge in [-0.1, -0.05) is 25.1 Å². The summed E-state index contributed by atoms with van der Waals surface area (Å²) < 4.78 is 0. The first-order valence-corrected chi connectivity index (χ1v) is 5.80. The number of aryl methyl sites for hydroxylation is 1. The van der Waals surface area contributed by atoms with Crippen molar-refractivity contribution >= 4 is 11.6 Å². The molecule has 0 radical (unpaired) electrons. The van der Waals surface area contributed by atoms with Gasteiger partial charge in [0, 0.05) is 18.8 Å². The fraction of sp³-hybridized carbons (Fsp3) is 0.462. The van der Waals surface area contributed by atoms with Crippen LogP contribution >= 0.6 is 0 Å². The molecule has 0 heterocycles. The maximum absolute atomic E-state index is 11.6. The predicted molar refractivity (Wildman–Crippen MR) is 68.9 cm³/mol. The molecule has 1 amide bonds. The van der Waals surface area contributed by atoms with Gasteiger partial charge in [-0.3, -0.25) is 4.79 Å². The van der Waals surface area contributed by atoms with E-state index in [9.17, 15) is 4.79 Å². The van der Waals surface area contributed by atoms with Gasteiger partial charge in [0.1, 0.15) is 0 Å². The average Bonchev–Trinajstić information content (AvgIpc) is 2.32. The Kier molecular flexibility index (Phi) is 5.66. The number of aliphatic hydroxyl groups excluding tert-OH is 1. The Hall–Kier alpha value is -1.39. The summed E-state index contributed by atoms with van der Waals surface area (Å²) in [7, 11) is 0. The first-order chi connectivity index (χ1) is 8.13. The topological polar surface area (TPSA) is 61.4 Å². The molecule has 1 atom stereocenters. The van der Waals surface area contributed by atoms with Crippen molar-refractivity contribution in [1.29, 1.82) is 0 Å². The van der Waals surface area contributed by atoms with Crippen LogP contribution in [0.5, 0.6) is 0 Å². The summed E-state index contributed by atoms with van der Waals surface area (Å²) >= 11 is 0. The SMILES string of the molecule is Cc1ccccc1NC(=O)CNCC(C)CO. The summed E-state index contributed by atoms with van der Waals surface area (Å²) in [6.45, 7) is 4.91. The summed E-state index contributed by atoms with van der Waals surface area (Å²) in [5.74, 6) is 0.103. The Balaban J connectivity index is 2.33. The maximum Gasteiger partial charge on any atom is 0.238 e. The number of amides is 1. The van der Waals surface area contributed by atoms with Crippen molar-refractivity contribution in [3.63, 3.8) is 0 Å². The maximum atomic E-state index is 11.6. The fourth-order valence-electron chi connectivity index (χ4n) is 1.40. The van der Waals surface area contributed by atoms with Gasteiger partial charge in [0.25, 0.3) is 0 Å². The third-order valence-corrected chi connectivity index (χ3v) is 2.51. The molecule has 0 saturated carbocycles. The molecule has 0 aliphatic carbocycles. The summed E-state index contributed by atoms with van der Waals surface area (Å²) in [5.41, 5.74) is 1.89. The number of rotatable bonds is 6. The van der Waals surface area contributed by atoms with Crippen molar-refractivity contribution in [3.05, 3.63) is 29.8 Å². The Morgan fingerprint density at radius 2 is 2.12 bits per heavy atom. The molecule has 0 aliphatic rings. The summed E-state index contributed by atoms with van der Waals surface area (Å²) in [6.07, 6.45) is 0. The van der Waals surface area contributed by atoms with Gasteiger partial charge < -0.3 is 15.7 Å². The number of carbonyl (C=O) groups is 1. The Labute approximate surface area is 102 Å². The molecule has 1 rings (SSSR count). The molecule has 0 bridgehead atoms. The standard InChI is InChI=1S/C13H20N2O2/c1-10(9-16)7-14-8-13(17)15-12-6-4-3-5-11(12)2/h3-6,10,14,16H,7-9H2,1-2H3,(H,15,17). The summed E-state index contributed by atoms with van der Waals surface area (Å²) in [5, 5.41) is 14.7. The highest BCUT2D eigenvalue weighted by atomic mass is 16.3. The lowest BCUT2D eigenvalue weighted by molar-refractivity contribution is -0.115. The van der Waals surface area contributed by atoms with Gasteiger partial charge in [0.05, 0.1) is 6.54 Å². The number of para-hydroxylation sites is 1. The average molecular weight is 236 g/mol. The Morgan fingerprint density at radius 1 is 1.41 bits per heavy atom. The van der Waals surface area contributed by atoms with Crippen molar-refractivity contribution in [1.82, 2.24) is 5.32 Å². The van der Waals surface area contributed by atoms with Crippen LogP contribution in [0.3, 0.4) is 0 Å². The molecule has 0 saturated heterocycles. The molecule has 4 heteroatoms. The second-order valence-corrected chi connectivity index (χ2v) is 4.28. The van der Waals surface area contributed by atoms with Gasteiger partial charge in [-0.25, -0.2) is 0 Å². The smallest absolute Gasteiger partial charge is 0.238 e. The van der Waals surface area contributed by atoms with E-state index in [0.29, 0.717) is 6.54 Å². The third kappa shape index (κ3) is 4.97. The van der Waals surface area contributed by atoms with Gasteiger partial charge in [0.15, 0.2) is 0 Å². The molecular weight excluding hydrogens is 216 g/mol. The molecule has 0 aromatic heterocycles. The molecule has 4 nitrogen and oxygen atoms in total. The van der Waals surface area contributed by atoms with E-state index in [4.69, 9.17) is 5.11 Å². The first kappa shape index (κ1) is 13.7. The second kappa shape index (κ2) is 7.04. The van der Waals surface area contributed by atoms with E-state index >= 15 is 0 Å². The summed E-state index contributed by atoms with van der Waals surface area (Å²) in [6, 6.07) is 7.66. The van der Waals surface area contributed by atoms with Crippen LogP contribution in [0.25, 0.3) is 0 Å². The van der Waals surface area contributed by atoms with Crippen molar-refractivity contribution in [3.8, 4) is 0 Å². The molecule has 1 unspecified atom stereocenters. The van der Waals surface area contributed by atoms with E-state index in [1.54, 1.807) is 0 Å². The summed E-state index contributed by atoms with van der Waals surface area (Å²) in [4.78, 5) is 11.6. The van der Waals surface area contributed by atoms with Gasteiger partial charge in [-0.2, -0.15) is 0 Å². The van der Waals surface area contributed by atoms with Gasteiger partial charge in [0.2, 0.25) is 5.91 Å². The molecule has 0 spiro atoms. The minimum absolute atomic E-state index is 0.0653. The van der Waals surface area contributed by atoms with E-state index < -0.39 is 0 Å². The first-order valence-electron chi connectivity index (χ1n) is 5.80. The molecule has 1 aromatic rings. The number of hydrogen-bond acceptors (Lipinski definition) is 3. The fourth-order valence-corrected chi connectivity index (χ4v) is 1.40. The van der Waals surface area contributed by atoms with Gasteiger partial charge >= 0.3 is 0 Å². The predicted octanol–water partition coefficient (Wildman–Crippen LogP) is 1.15. The lowest BCUT2D eigenvalue weighted by Crippen LogP contribution is -2.32. The highest BCUT2D eigenvalue weighted by Gasteiger charge is 2.05. The molecular formula is C13H20N2O2. The highest BCUT2D eigenvalue weighted by molar-refractivity contribution is 5.92. The van der Waals surface area contributed by atoms with Crippen LogP contribution in [0.4, 0.5) is 5.69 Å². The van der Waals surface area contributed by atoms with Gasteiger partial charge in [-0.05, 0) is 24.5 Å². The number of carbonyl (C=O) groups excluding carboxylic acids is 1.